The molecule has 1 aromatic heterocycles. The molecule has 2 aromatic carbocycles. The van der Waals surface area contributed by atoms with Crippen molar-refractivity contribution >= 4 is 11.6 Å². The fraction of sp³-hybridized carbons (Fsp3) is 0.200. The number of hydrogen-bond acceptors (Lipinski definition) is 2. The summed E-state index contributed by atoms with van der Waals surface area (Å²) in [7, 11) is 1.47. The maximum Gasteiger partial charge on any atom is 0.262 e. The third kappa shape index (κ3) is 3.31. The normalized spacial score (nSPS) is 10.8. The predicted molar refractivity (Wildman–Crippen MR) is 97.2 cm³/mol. The zero-order valence-electron chi connectivity index (χ0n) is 14.7. The van der Waals surface area contributed by atoms with Gasteiger partial charge in [0, 0.05) is 18.3 Å². The molecule has 0 aliphatic rings. The molecule has 1 amide bonds. The molecule has 128 valence electrons. The summed E-state index contributed by atoms with van der Waals surface area (Å²) in [5.74, 6) is -1.14. The minimum absolute atomic E-state index is 0.0299. The van der Waals surface area contributed by atoms with Gasteiger partial charge in [-0.1, -0.05) is 47.5 Å². The van der Waals surface area contributed by atoms with Crippen LogP contribution in [0.1, 0.15) is 27.2 Å². The van der Waals surface area contributed by atoms with Gasteiger partial charge in [0.1, 0.15) is 5.56 Å². The first-order chi connectivity index (χ1) is 11.9. The summed E-state index contributed by atoms with van der Waals surface area (Å²) in [6, 6.07) is 13.7. The molecule has 0 saturated carbocycles. The molecule has 4 nitrogen and oxygen atoms in total. The third-order valence-electron chi connectivity index (χ3n) is 4.09. The molecule has 1 heterocycles. The van der Waals surface area contributed by atoms with Crippen molar-refractivity contribution in [3.63, 3.8) is 0 Å². The van der Waals surface area contributed by atoms with Crippen molar-refractivity contribution in [2.75, 3.05) is 5.32 Å². The van der Waals surface area contributed by atoms with Crippen molar-refractivity contribution in [3.8, 4) is 11.1 Å². The molecule has 3 rings (SSSR count). The van der Waals surface area contributed by atoms with Crippen LogP contribution in [0.15, 0.2) is 42.5 Å². The first kappa shape index (κ1) is 16.9. The Kier molecular flexibility index (Phi) is 4.40. The quantitative estimate of drug-likeness (QED) is 0.770. The Bertz CT molecular complexity index is 939. The topological polar surface area (TPSA) is 46.9 Å². The summed E-state index contributed by atoms with van der Waals surface area (Å²) in [6.45, 7) is 5.69. The highest BCUT2D eigenvalue weighted by Crippen LogP contribution is 2.30. The van der Waals surface area contributed by atoms with Gasteiger partial charge in [0.2, 0.25) is 5.95 Å². The largest absolute Gasteiger partial charge is 0.321 e. The molecule has 0 bridgehead atoms. The van der Waals surface area contributed by atoms with E-state index in [-0.39, 0.29) is 5.56 Å². The van der Waals surface area contributed by atoms with E-state index < -0.39 is 11.9 Å². The summed E-state index contributed by atoms with van der Waals surface area (Å²) in [6.07, 6.45) is 0. The Morgan fingerprint density at radius 2 is 1.72 bits per heavy atom. The maximum absolute atomic E-state index is 14.1. The number of carbonyl (C=O) groups is 1. The van der Waals surface area contributed by atoms with Crippen LogP contribution < -0.4 is 5.32 Å². The van der Waals surface area contributed by atoms with Gasteiger partial charge in [0.05, 0.1) is 5.69 Å². The zero-order chi connectivity index (χ0) is 18.1. The molecule has 0 fully saturated rings. The van der Waals surface area contributed by atoms with E-state index in [1.165, 1.54) is 7.05 Å². The second kappa shape index (κ2) is 6.51. The second-order valence-electron chi connectivity index (χ2n) is 6.25. The van der Waals surface area contributed by atoms with Gasteiger partial charge in [0.25, 0.3) is 5.91 Å². The van der Waals surface area contributed by atoms with E-state index in [9.17, 15) is 9.18 Å². The minimum atomic E-state index is -0.640. The van der Waals surface area contributed by atoms with Gasteiger partial charge in [-0.3, -0.25) is 4.79 Å². The van der Waals surface area contributed by atoms with E-state index in [1.807, 2.05) is 38.1 Å². The highest BCUT2D eigenvalue weighted by molar-refractivity contribution is 6.07. The van der Waals surface area contributed by atoms with Crippen LogP contribution in [-0.4, -0.2) is 15.7 Å². The SMILES string of the molecule is Cc1cc(C)cc(-c2ccccc2NC(=O)c2c(C)nn(C)c2F)c1. The molecule has 0 unspecified atom stereocenters. The van der Waals surface area contributed by atoms with Crippen molar-refractivity contribution in [2.24, 2.45) is 7.05 Å². The van der Waals surface area contributed by atoms with Gasteiger partial charge in [-0.2, -0.15) is 9.49 Å². The second-order valence-corrected chi connectivity index (χ2v) is 6.25. The Hall–Kier alpha value is -2.95. The van der Waals surface area contributed by atoms with Gasteiger partial charge >= 0.3 is 0 Å². The van der Waals surface area contributed by atoms with Crippen LogP contribution in [0, 0.1) is 26.7 Å². The van der Waals surface area contributed by atoms with Gasteiger partial charge < -0.3 is 5.32 Å². The molecule has 5 heteroatoms. The number of benzene rings is 2. The van der Waals surface area contributed by atoms with Gasteiger partial charge in [-0.05, 0) is 32.4 Å². The van der Waals surface area contributed by atoms with Crippen LogP contribution in [0.2, 0.25) is 0 Å². The summed E-state index contributed by atoms with van der Waals surface area (Å²) >= 11 is 0. The average molecular weight is 337 g/mol. The zero-order valence-corrected chi connectivity index (χ0v) is 14.7. The van der Waals surface area contributed by atoms with Crippen molar-refractivity contribution in [3.05, 3.63) is 70.8 Å². The summed E-state index contributed by atoms with van der Waals surface area (Å²) in [5.41, 5.74) is 5.16. The molecule has 25 heavy (non-hydrogen) atoms. The fourth-order valence-electron chi connectivity index (χ4n) is 3.05. The lowest BCUT2D eigenvalue weighted by Crippen LogP contribution is -2.15. The number of aromatic nitrogens is 2. The number of amides is 1. The summed E-state index contributed by atoms with van der Waals surface area (Å²) in [4.78, 5) is 12.6. The Morgan fingerprint density at radius 1 is 1.08 bits per heavy atom. The lowest BCUT2D eigenvalue weighted by atomic mass is 9.99. The third-order valence-corrected chi connectivity index (χ3v) is 4.09. The fourth-order valence-corrected chi connectivity index (χ4v) is 3.05. The van der Waals surface area contributed by atoms with Crippen molar-refractivity contribution in [2.45, 2.75) is 20.8 Å². The van der Waals surface area contributed by atoms with Gasteiger partial charge in [0.15, 0.2) is 0 Å². The molecule has 0 aliphatic carbocycles. The molecule has 3 aromatic rings. The minimum Gasteiger partial charge on any atom is -0.321 e. The lowest BCUT2D eigenvalue weighted by Gasteiger charge is -2.12. The standard InChI is InChI=1S/C20H20FN3O/c1-12-9-13(2)11-15(10-12)16-7-5-6-8-17(16)22-20(25)18-14(3)23-24(4)19(18)21/h5-11H,1-4H3,(H,22,25). The molecule has 0 aliphatic heterocycles. The van der Waals surface area contributed by atoms with E-state index in [1.54, 1.807) is 6.92 Å². The number of hydrogen-bond donors (Lipinski definition) is 1. The number of nitrogens with zero attached hydrogens (tertiary/aromatic N) is 2. The Labute approximate surface area is 146 Å². The lowest BCUT2D eigenvalue weighted by molar-refractivity contribution is 0.102. The number of aryl methyl sites for hydroxylation is 4. The van der Waals surface area contributed by atoms with E-state index in [2.05, 4.69) is 28.6 Å². The number of para-hydroxylation sites is 1. The summed E-state index contributed by atoms with van der Waals surface area (Å²) in [5, 5.41) is 6.78. The monoisotopic (exact) mass is 337 g/mol. The maximum atomic E-state index is 14.1. The molecular weight excluding hydrogens is 317 g/mol. The van der Waals surface area contributed by atoms with Crippen LogP contribution >= 0.6 is 0 Å². The van der Waals surface area contributed by atoms with Crippen LogP contribution in [-0.2, 0) is 7.05 Å². The molecular formula is C20H20FN3O. The Balaban J connectivity index is 2.00. The molecule has 0 saturated heterocycles. The van der Waals surface area contributed by atoms with Crippen molar-refractivity contribution in [1.82, 2.24) is 9.78 Å². The van der Waals surface area contributed by atoms with Crippen LogP contribution in [0.3, 0.4) is 0 Å². The Morgan fingerprint density at radius 3 is 2.32 bits per heavy atom. The molecule has 0 spiro atoms. The van der Waals surface area contributed by atoms with Gasteiger partial charge in [-0.15, -0.1) is 0 Å². The van der Waals surface area contributed by atoms with Crippen LogP contribution in [0.4, 0.5) is 10.1 Å². The van der Waals surface area contributed by atoms with Crippen LogP contribution in [0.25, 0.3) is 11.1 Å². The average Bonchev–Trinajstić information content (AvgIpc) is 2.79. The number of nitrogens with one attached hydrogen (secondary N) is 1. The van der Waals surface area contributed by atoms with E-state index >= 15 is 0 Å². The van der Waals surface area contributed by atoms with Crippen LogP contribution in [0.5, 0.6) is 0 Å². The molecule has 1 N–H and O–H groups in total. The highest BCUT2D eigenvalue weighted by atomic mass is 19.1. The number of rotatable bonds is 3. The highest BCUT2D eigenvalue weighted by Gasteiger charge is 2.21. The van der Waals surface area contributed by atoms with E-state index in [0.717, 1.165) is 26.9 Å². The first-order valence-corrected chi connectivity index (χ1v) is 8.05. The number of halogens is 1. The predicted octanol–water partition coefficient (Wildman–Crippen LogP) is 4.40. The first-order valence-electron chi connectivity index (χ1n) is 8.05. The number of anilines is 1. The van der Waals surface area contributed by atoms with Crippen molar-refractivity contribution in [1.29, 1.82) is 0 Å². The van der Waals surface area contributed by atoms with Crippen molar-refractivity contribution < 1.29 is 9.18 Å². The van der Waals surface area contributed by atoms with Gasteiger partial charge in [-0.25, -0.2) is 4.68 Å². The van der Waals surface area contributed by atoms with E-state index in [0.29, 0.717) is 11.4 Å². The smallest absolute Gasteiger partial charge is 0.262 e. The summed E-state index contributed by atoms with van der Waals surface area (Å²) < 4.78 is 15.2. The molecule has 0 atom stereocenters. The van der Waals surface area contributed by atoms with E-state index in [4.69, 9.17) is 0 Å². The number of carbonyl (C=O) groups excluding carboxylic acids is 1. The molecule has 0 radical (unpaired) electrons.